The van der Waals surface area contributed by atoms with Gasteiger partial charge < -0.3 is 14.5 Å². The molecule has 4 aromatic rings. The zero-order valence-corrected chi connectivity index (χ0v) is 15.7. The first-order chi connectivity index (χ1) is 13.6. The minimum atomic E-state index is -0.249. The molecule has 0 atom stereocenters. The van der Waals surface area contributed by atoms with Crippen LogP contribution in [0.3, 0.4) is 0 Å². The maximum atomic E-state index is 12.4. The second-order valence-corrected chi connectivity index (χ2v) is 6.69. The summed E-state index contributed by atoms with van der Waals surface area (Å²) in [6.07, 6.45) is 0. The van der Waals surface area contributed by atoms with E-state index in [9.17, 15) is 4.79 Å². The normalized spacial score (nSPS) is 10.8. The fourth-order valence-electron chi connectivity index (χ4n) is 2.97. The number of aromatic nitrogens is 1. The summed E-state index contributed by atoms with van der Waals surface area (Å²) in [5.74, 6) is 0.884. The van der Waals surface area contributed by atoms with Gasteiger partial charge in [0.05, 0.1) is 11.3 Å². The molecule has 0 aliphatic carbocycles. The molecule has 5 heteroatoms. The summed E-state index contributed by atoms with van der Waals surface area (Å²) in [6.45, 7) is 3.91. The summed E-state index contributed by atoms with van der Waals surface area (Å²) >= 11 is 0. The Morgan fingerprint density at radius 3 is 2.68 bits per heavy atom. The van der Waals surface area contributed by atoms with E-state index in [1.165, 1.54) is 0 Å². The van der Waals surface area contributed by atoms with Gasteiger partial charge in [0.15, 0.2) is 12.2 Å². The molecule has 4 rings (SSSR count). The number of para-hydroxylation sites is 1. The number of hydrogen-bond acceptors (Lipinski definition) is 4. The third-order valence-corrected chi connectivity index (χ3v) is 4.33. The summed E-state index contributed by atoms with van der Waals surface area (Å²) in [4.78, 5) is 16.9. The van der Waals surface area contributed by atoms with Crippen molar-refractivity contribution in [1.82, 2.24) is 4.98 Å². The van der Waals surface area contributed by atoms with Gasteiger partial charge in [-0.05, 0) is 61.4 Å². The molecule has 28 heavy (non-hydrogen) atoms. The van der Waals surface area contributed by atoms with Gasteiger partial charge in [0.25, 0.3) is 5.91 Å². The van der Waals surface area contributed by atoms with E-state index < -0.39 is 0 Å². The highest BCUT2D eigenvalue weighted by molar-refractivity contribution is 5.96. The Kier molecular flexibility index (Phi) is 4.81. The topological polar surface area (TPSA) is 64.4 Å². The smallest absolute Gasteiger partial charge is 0.262 e. The van der Waals surface area contributed by atoms with Gasteiger partial charge in [-0.25, -0.2) is 4.98 Å². The number of anilines is 1. The number of rotatable bonds is 5. The molecule has 0 spiro atoms. The molecule has 0 radical (unpaired) electrons. The quantitative estimate of drug-likeness (QED) is 0.527. The highest BCUT2D eigenvalue weighted by Crippen LogP contribution is 2.30. The number of nitrogens with zero attached hydrogens (tertiary/aromatic N) is 1. The molecule has 1 amide bonds. The SMILES string of the molecule is Cc1cccc(OCC(=O)Nc2ccccc2-c2nc3cc(C)ccc3o2)c1. The van der Waals surface area contributed by atoms with Gasteiger partial charge in [-0.15, -0.1) is 0 Å². The van der Waals surface area contributed by atoms with Crippen LogP contribution in [0.1, 0.15) is 11.1 Å². The van der Waals surface area contributed by atoms with Gasteiger partial charge in [0.1, 0.15) is 11.3 Å². The van der Waals surface area contributed by atoms with E-state index in [2.05, 4.69) is 10.3 Å². The van der Waals surface area contributed by atoms with Crippen molar-refractivity contribution < 1.29 is 13.9 Å². The van der Waals surface area contributed by atoms with Crippen LogP contribution in [0, 0.1) is 13.8 Å². The van der Waals surface area contributed by atoms with Crippen LogP contribution in [0.25, 0.3) is 22.6 Å². The number of ether oxygens (including phenoxy) is 1. The van der Waals surface area contributed by atoms with Crippen LogP contribution >= 0.6 is 0 Å². The van der Waals surface area contributed by atoms with Crippen molar-refractivity contribution in [3.63, 3.8) is 0 Å². The molecule has 0 saturated heterocycles. The second kappa shape index (κ2) is 7.56. The molecule has 0 aliphatic heterocycles. The molecule has 1 aromatic heterocycles. The van der Waals surface area contributed by atoms with Gasteiger partial charge in [-0.1, -0.05) is 30.3 Å². The molecule has 0 fully saturated rings. The molecule has 1 N–H and O–H groups in total. The Hall–Kier alpha value is -3.60. The number of aryl methyl sites for hydroxylation is 2. The van der Waals surface area contributed by atoms with Gasteiger partial charge >= 0.3 is 0 Å². The summed E-state index contributed by atoms with van der Waals surface area (Å²) in [6, 6.07) is 20.9. The van der Waals surface area contributed by atoms with Crippen molar-refractivity contribution in [2.75, 3.05) is 11.9 Å². The van der Waals surface area contributed by atoms with Crippen LogP contribution < -0.4 is 10.1 Å². The van der Waals surface area contributed by atoms with E-state index in [1.807, 2.05) is 80.6 Å². The molecule has 0 saturated carbocycles. The summed E-state index contributed by atoms with van der Waals surface area (Å²) < 4.78 is 11.5. The summed E-state index contributed by atoms with van der Waals surface area (Å²) in [5, 5.41) is 2.89. The fraction of sp³-hybridized carbons (Fsp3) is 0.130. The van der Waals surface area contributed by atoms with Crippen molar-refractivity contribution in [2.24, 2.45) is 0 Å². The van der Waals surface area contributed by atoms with Gasteiger partial charge in [0.2, 0.25) is 5.89 Å². The molecule has 5 nitrogen and oxygen atoms in total. The van der Waals surface area contributed by atoms with Crippen molar-refractivity contribution in [2.45, 2.75) is 13.8 Å². The second-order valence-electron chi connectivity index (χ2n) is 6.69. The van der Waals surface area contributed by atoms with E-state index in [-0.39, 0.29) is 12.5 Å². The first-order valence-electron chi connectivity index (χ1n) is 9.04. The number of carbonyl (C=O) groups is 1. The van der Waals surface area contributed by atoms with Crippen LogP contribution in [-0.4, -0.2) is 17.5 Å². The van der Waals surface area contributed by atoms with Crippen LogP contribution in [-0.2, 0) is 4.79 Å². The Balaban J connectivity index is 1.53. The zero-order chi connectivity index (χ0) is 19.5. The number of hydrogen-bond donors (Lipinski definition) is 1. The Labute approximate surface area is 163 Å². The maximum Gasteiger partial charge on any atom is 0.262 e. The lowest BCUT2D eigenvalue weighted by atomic mass is 10.1. The predicted molar refractivity (Wildman–Crippen MR) is 109 cm³/mol. The van der Waals surface area contributed by atoms with Gasteiger partial charge in [-0.2, -0.15) is 0 Å². The molecular formula is C23H20N2O3. The molecule has 0 aliphatic rings. The van der Waals surface area contributed by atoms with Crippen molar-refractivity contribution >= 4 is 22.7 Å². The molecule has 3 aromatic carbocycles. The van der Waals surface area contributed by atoms with E-state index in [0.717, 1.165) is 22.2 Å². The number of nitrogens with one attached hydrogen (secondary N) is 1. The largest absolute Gasteiger partial charge is 0.484 e. The summed E-state index contributed by atoms with van der Waals surface area (Å²) in [5.41, 5.74) is 5.05. The van der Waals surface area contributed by atoms with Crippen molar-refractivity contribution in [3.05, 3.63) is 77.9 Å². The van der Waals surface area contributed by atoms with Gasteiger partial charge in [-0.3, -0.25) is 4.79 Å². The average Bonchev–Trinajstić information content (AvgIpc) is 3.10. The Morgan fingerprint density at radius 2 is 1.82 bits per heavy atom. The highest BCUT2D eigenvalue weighted by Gasteiger charge is 2.14. The third-order valence-electron chi connectivity index (χ3n) is 4.33. The minimum Gasteiger partial charge on any atom is -0.484 e. The lowest BCUT2D eigenvalue weighted by molar-refractivity contribution is -0.118. The molecule has 140 valence electrons. The lowest BCUT2D eigenvalue weighted by Gasteiger charge is -2.10. The van der Waals surface area contributed by atoms with Crippen molar-refractivity contribution in [1.29, 1.82) is 0 Å². The number of amides is 1. The maximum absolute atomic E-state index is 12.4. The lowest BCUT2D eigenvalue weighted by Crippen LogP contribution is -2.20. The number of oxazole rings is 1. The van der Waals surface area contributed by atoms with Crippen LogP contribution in [0.15, 0.2) is 71.1 Å². The minimum absolute atomic E-state index is 0.0788. The predicted octanol–water partition coefficient (Wildman–Crippen LogP) is 5.13. The third kappa shape index (κ3) is 3.88. The fourth-order valence-corrected chi connectivity index (χ4v) is 2.97. The standard InChI is InChI=1S/C23H20N2O3/c1-15-6-5-7-17(12-15)27-14-22(26)24-19-9-4-3-8-18(19)23-25-20-13-16(2)10-11-21(20)28-23/h3-13H,14H2,1-2H3,(H,24,26). The molecule has 0 unspecified atom stereocenters. The van der Waals surface area contributed by atoms with Crippen LogP contribution in [0.2, 0.25) is 0 Å². The van der Waals surface area contributed by atoms with Crippen LogP contribution in [0.5, 0.6) is 5.75 Å². The number of carbonyl (C=O) groups excluding carboxylic acids is 1. The highest BCUT2D eigenvalue weighted by atomic mass is 16.5. The summed E-state index contributed by atoms with van der Waals surface area (Å²) in [7, 11) is 0. The number of benzene rings is 3. The van der Waals surface area contributed by atoms with E-state index in [1.54, 1.807) is 0 Å². The zero-order valence-electron chi connectivity index (χ0n) is 15.7. The van der Waals surface area contributed by atoms with E-state index in [0.29, 0.717) is 22.9 Å². The first-order valence-corrected chi connectivity index (χ1v) is 9.04. The van der Waals surface area contributed by atoms with E-state index >= 15 is 0 Å². The Bertz CT molecular complexity index is 1150. The average molecular weight is 372 g/mol. The Morgan fingerprint density at radius 1 is 1.00 bits per heavy atom. The number of fused-ring (bicyclic) bond motifs is 1. The first kappa shape index (κ1) is 17.8. The monoisotopic (exact) mass is 372 g/mol. The van der Waals surface area contributed by atoms with E-state index in [4.69, 9.17) is 9.15 Å². The van der Waals surface area contributed by atoms with Gasteiger partial charge in [0, 0.05) is 0 Å². The van der Waals surface area contributed by atoms with Crippen molar-refractivity contribution in [3.8, 4) is 17.2 Å². The molecular weight excluding hydrogens is 352 g/mol. The molecule has 0 bridgehead atoms. The van der Waals surface area contributed by atoms with Crippen LogP contribution in [0.4, 0.5) is 5.69 Å². The molecule has 1 heterocycles.